The summed E-state index contributed by atoms with van der Waals surface area (Å²) < 4.78 is 0. The largest absolute Gasteiger partial charge is 0.480 e. The zero-order chi connectivity index (χ0) is 12.6. The van der Waals surface area contributed by atoms with Crippen molar-refractivity contribution >= 4 is 18.6 Å². The van der Waals surface area contributed by atoms with Crippen LogP contribution in [0.1, 0.15) is 24.7 Å². The zero-order valence-corrected chi connectivity index (χ0v) is 10.7. The van der Waals surface area contributed by atoms with Crippen LogP contribution in [0.25, 0.3) is 0 Å². The highest BCUT2D eigenvalue weighted by Crippen LogP contribution is 2.23. The monoisotopic (exact) mass is 241 g/mol. The molecule has 0 amide bonds. The van der Waals surface area contributed by atoms with Gasteiger partial charge in [-0.2, -0.15) is 12.6 Å². The zero-order valence-electron chi connectivity index (χ0n) is 9.84. The molecule has 0 saturated heterocycles. The van der Waals surface area contributed by atoms with Crippen molar-refractivity contribution in [1.82, 2.24) is 5.32 Å². The maximum absolute atomic E-state index is 10.8. The van der Waals surface area contributed by atoms with E-state index < -0.39 is 12.0 Å². The first-order chi connectivity index (χ1) is 7.66. The van der Waals surface area contributed by atoms with E-state index in [9.17, 15) is 4.79 Å². The molecule has 2 N–H and O–H groups in total. The van der Waals surface area contributed by atoms with Crippen LogP contribution in [0.3, 0.4) is 0 Å². The quantitative estimate of drug-likeness (QED) is 0.709. The van der Waals surface area contributed by atoms with Crippen LogP contribution < -0.4 is 5.32 Å². The Bertz CT molecular complexity index is 303. The molecule has 0 heterocycles. The molecule has 1 aromatic carbocycles. The first-order valence-electron chi connectivity index (χ1n) is 5.30. The normalized spacial score (nSPS) is 13.2. The molecule has 0 aromatic heterocycles. The highest BCUT2D eigenvalue weighted by molar-refractivity contribution is 7.80. The Morgan fingerprint density at radius 1 is 1.31 bits per heavy atom. The first kappa shape index (κ1) is 15.0. The van der Waals surface area contributed by atoms with Crippen LogP contribution in [-0.2, 0) is 4.79 Å². The number of hydrogen-bond acceptors (Lipinski definition) is 3. The Kier molecular flexibility index (Phi) is 7.68. The number of aliphatic carboxylic acids is 1. The van der Waals surface area contributed by atoms with E-state index in [0.29, 0.717) is 0 Å². The highest BCUT2D eigenvalue weighted by Gasteiger charge is 2.24. The number of likely N-dealkylation sites (N-methyl/N-ethyl adjacent to an activating group) is 1. The average molecular weight is 241 g/mol. The summed E-state index contributed by atoms with van der Waals surface area (Å²) in [5.74, 6) is -0.892. The third-order valence-corrected chi connectivity index (χ3v) is 2.63. The second-order valence-electron chi connectivity index (χ2n) is 2.96. The molecule has 0 spiro atoms. The van der Waals surface area contributed by atoms with Gasteiger partial charge in [0, 0.05) is 0 Å². The van der Waals surface area contributed by atoms with Crippen molar-refractivity contribution in [1.29, 1.82) is 0 Å². The van der Waals surface area contributed by atoms with E-state index in [2.05, 4.69) is 17.9 Å². The van der Waals surface area contributed by atoms with Crippen molar-refractivity contribution in [3.05, 3.63) is 35.9 Å². The molecule has 0 saturated carbocycles. The summed E-state index contributed by atoms with van der Waals surface area (Å²) >= 11 is 4.29. The average Bonchev–Trinajstić information content (AvgIpc) is 2.33. The van der Waals surface area contributed by atoms with Gasteiger partial charge in [0.05, 0.1) is 5.25 Å². The minimum atomic E-state index is -0.892. The number of nitrogens with one attached hydrogen (secondary N) is 1. The van der Waals surface area contributed by atoms with Crippen molar-refractivity contribution in [2.24, 2.45) is 0 Å². The van der Waals surface area contributed by atoms with Crippen LogP contribution in [0.2, 0.25) is 0 Å². The fraction of sp³-hybridized carbons (Fsp3) is 0.417. The maximum Gasteiger partial charge on any atom is 0.322 e. The summed E-state index contributed by atoms with van der Waals surface area (Å²) in [7, 11) is 1.62. The van der Waals surface area contributed by atoms with E-state index in [1.807, 2.05) is 44.2 Å². The summed E-state index contributed by atoms with van der Waals surface area (Å²) in [6.07, 6.45) is 0. The molecule has 1 aromatic rings. The van der Waals surface area contributed by atoms with Gasteiger partial charge in [-0.25, -0.2) is 0 Å². The summed E-state index contributed by atoms with van der Waals surface area (Å²) in [6, 6.07) is 8.69. The van der Waals surface area contributed by atoms with Crippen molar-refractivity contribution in [3.8, 4) is 0 Å². The minimum absolute atomic E-state index is 0.335. The third-order valence-electron chi connectivity index (χ3n) is 2.03. The Labute approximate surface area is 102 Å². The second kappa shape index (κ2) is 8.19. The summed E-state index contributed by atoms with van der Waals surface area (Å²) in [4.78, 5) is 10.8. The molecule has 1 rings (SSSR count). The molecular formula is C12H19NO2S. The van der Waals surface area contributed by atoms with Gasteiger partial charge in [-0.15, -0.1) is 0 Å². The van der Waals surface area contributed by atoms with Crippen LogP contribution in [0, 0.1) is 0 Å². The minimum Gasteiger partial charge on any atom is -0.480 e. The lowest BCUT2D eigenvalue weighted by Crippen LogP contribution is -2.37. The van der Waals surface area contributed by atoms with Crippen LogP contribution in [-0.4, -0.2) is 24.2 Å². The highest BCUT2D eigenvalue weighted by atomic mass is 32.1. The Morgan fingerprint density at radius 3 is 2.19 bits per heavy atom. The van der Waals surface area contributed by atoms with E-state index in [-0.39, 0.29) is 5.25 Å². The summed E-state index contributed by atoms with van der Waals surface area (Å²) in [5, 5.41) is 11.3. The third kappa shape index (κ3) is 4.24. The standard InChI is InChI=1S/C10H13NO2S.C2H6/c1-11-8(10(12)13)9(14)7-5-3-2-4-6-7;1-2/h2-6,8-9,11,14H,1H3,(H,12,13);1-2H3. The van der Waals surface area contributed by atoms with Gasteiger partial charge in [-0.3, -0.25) is 4.79 Å². The van der Waals surface area contributed by atoms with Gasteiger partial charge in [-0.1, -0.05) is 44.2 Å². The number of carbonyl (C=O) groups is 1. The fourth-order valence-electron chi connectivity index (χ4n) is 1.26. The molecule has 0 aliphatic rings. The van der Waals surface area contributed by atoms with Gasteiger partial charge in [0.25, 0.3) is 0 Å². The molecule has 2 unspecified atom stereocenters. The Morgan fingerprint density at radius 2 is 1.81 bits per heavy atom. The molecular weight excluding hydrogens is 222 g/mol. The predicted octanol–water partition coefficient (Wildman–Crippen LogP) is 2.36. The number of rotatable bonds is 4. The van der Waals surface area contributed by atoms with Crippen molar-refractivity contribution < 1.29 is 9.90 Å². The number of thiol groups is 1. The van der Waals surface area contributed by atoms with Gasteiger partial charge >= 0.3 is 5.97 Å². The van der Waals surface area contributed by atoms with E-state index >= 15 is 0 Å². The molecule has 2 atom stereocenters. The van der Waals surface area contributed by atoms with Crippen molar-refractivity contribution in [2.45, 2.75) is 25.1 Å². The van der Waals surface area contributed by atoms with E-state index in [1.165, 1.54) is 0 Å². The summed E-state index contributed by atoms with van der Waals surface area (Å²) in [5.41, 5.74) is 0.901. The molecule has 0 aliphatic carbocycles. The van der Waals surface area contributed by atoms with E-state index in [0.717, 1.165) is 5.56 Å². The lowest BCUT2D eigenvalue weighted by Gasteiger charge is -2.18. The molecule has 16 heavy (non-hydrogen) atoms. The van der Waals surface area contributed by atoms with Gasteiger partial charge in [0.15, 0.2) is 0 Å². The van der Waals surface area contributed by atoms with Crippen molar-refractivity contribution in [2.75, 3.05) is 7.05 Å². The number of carboxylic acids is 1. The van der Waals surface area contributed by atoms with E-state index in [1.54, 1.807) is 7.05 Å². The van der Waals surface area contributed by atoms with Crippen LogP contribution in [0.15, 0.2) is 30.3 Å². The topological polar surface area (TPSA) is 49.3 Å². The van der Waals surface area contributed by atoms with Gasteiger partial charge in [0.1, 0.15) is 6.04 Å². The molecule has 90 valence electrons. The van der Waals surface area contributed by atoms with Gasteiger partial charge < -0.3 is 10.4 Å². The molecule has 0 fully saturated rings. The SMILES string of the molecule is CC.CNC(C(=O)O)C(S)c1ccccc1. The van der Waals surface area contributed by atoms with Crippen molar-refractivity contribution in [3.63, 3.8) is 0 Å². The van der Waals surface area contributed by atoms with Crippen LogP contribution >= 0.6 is 12.6 Å². The van der Waals surface area contributed by atoms with Gasteiger partial charge in [0.2, 0.25) is 0 Å². The summed E-state index contributed by atoms with van der Waals surface area (Å²) in [6.45, 7) is 4.00. The first-order valence-corrected chi connectivity index (χ1v) is 5.81. The Balaban J connectivity index is 0.00000106. The van der Waals surface area contributed by atoms with Crippen LogP contribution in [0.5, 0.6) is 0 Å². The number of hydrogen-bond donors (Lipinski definition) is 3. The Hall–Kier alpha value is -1.00. The predicted molar refractivity (Wildman–Crippen MR) is 70.0 cm³/mol. The smallest absolute Gasteiger partial charge is 0.322 e. The fourth-order valence-corrected chi connectivity index (χ4v) is 1.71. The number of benzene rings is 1. The molecule has 3 nitrogen and oxygen atoms in total. The molecule has 4 heteroatoms. The van der Waals surface area contributed by atoms with Crippen LogP contribution in [0.4, 0.5) is 0 Å². The van der Waals surface area contributed by atoms with E-state index in [4.69, 9.17) is 5.11 Å². The lowest BCUT2D eigenvalue weighted by atomic mass is 10.1. The second-order valence-corrected chi connectivity index (χ2v) is 3.52. The van der Waals surface area contributed by atoms with Gasteiger partial charge in [-0.05, 0) is 12.6 Å². The lowest BCUT2D eigenvalue weighted by molar-refractivity contribution is -0.139. The molecule has 0 radical (unpaired) electrons. The molecule has 0 bridgehead atoms. The number of carboxylic acid groups (broad SMARTS) is 1. The molecule has 0 aliphatic heterocycles. The maximum atomic E-state index is 10.8.